The van der Waals surface area contributed by atoms with E-state index in [2.05, 4.69) is 24.4 Å². The average molecular weight is 377 g/mol. The molecule has 3 aromatic rings. The maximum Gasteiger partial charge on any atom is 0.122 e. The van der Waals surface area contributed by atoms with Crippen molar-refractivity contribution in [2.75, 3.05) is 31.7 Å². The number of para-hydroxylation sites is 1. The Labute approximate surface area is 167 Å². The molecule has 0 radical (unpaired) electrons. The van der Waals surface area contributed by atoms with Crippen molar-refractivity contribution in [2.45, 2.75) is 13.3 Å². The molecule has 0 saturated heterocycles. The van der Waals surface area contributed by atoms with Crippen LogP contribution < -0.4 is 19.5 Å². The number of aryl methyl sites for hydroxylation is 1. The molecule has 3 aromatic carbocycles. The van der Waals surface area contributed by atoms with Gasteiger partial charge in [-0.3, -0.25) is 0 Å². The zero-order valence-electron chi connectivity index (χ0n) is 16.3. The van der Waals surface area contributed by atoms with Crippen LogP contribution in [-0.4, -0.2) is 26.4 Å². The van der Waals surface area contributed by atoms with Crippen molar-refractivity contribution in [2.24, 2.45) is 0 Å². The van der Waals surface area contributed by atoms with E-state index >= 15 is 0 Å². The topological polar surface area (TPSA) is 39.7 Å². The Morgan fingerprint density at radius 1 is 0.643 bits per heavy atom. The summed E-state index contributed by atoms with van der Waals surface area (Å²) in [5.74, 6) is 2.57. The summed E-state index contributed by atoms with van der Waals surface area (Å²) in [4.78, 5) is 0. The number of rotatable bonds is 11. The Kier molecular flexibility index (Phi) is 7.62. The average Bonchev–Trinajstić information content (AvgIpc) is 2.76. The zero-order chi connectivity index (χ0) is 19.4. The molecule has 0 saturated carbocycles. The Morgan fingerprint density at radius 3 is 2.04 bits per heavy atom. The molecule has 1 N–H and O–H groups in total. The Hall–Kier alpha value is -3.14. The van der Waals surface area contributed by atoms with Crippen molar-refractivity contribution in [3.05, 3.63) is 84.4 Å². The molecule has 0 fully saturated rings. The van der Waals surface area contributed by atoms with E-state index in [0.29, 0.717) is 19.8 Å². The molecule has 0 aliphatic carbocycles. The Balaban J connectivity index is 1.35. The van der Waals surface area contributed by atoms with Crippen LogP contribution in [0.15, 0.2) is 78.9 Å². The minimum atomic E-state index is 0.495. The highest BCUT2D eigenvalue weighted by Crippen LogP contribution is 2.18. The van der Waals surface area contributed by atoms with Crippen molar-refractivity contribution in [1.82, 2.24) is 0 Å². The third-order valence-corrected chi connectivity index (χ3v) is 4.23. The van der Waals surface area contributed by atoms with Gasteiger partial charge in [-0.15, -0.1) is 0 Å². The molecule has 0 heterocycles. The van der Waals surface area contributed by atoms with Gasteiger partial charge in [0, 0.05) is 18.3 Å². The smallest absolute Gasteiger partial charge is 0.122 e. The van der Waals surface area contributed by atoms with Crippen LogP contribution in [0.4, 0.5) is 5.69 Å². The van der Waals surface area contributed by atoms with Gasteiger partial charge in [-0.1, -0.05) is 43.3 Å². The van der Waals surface area contributed by atoms with E-state index in [1.807, 2.05) is 66.7 Å². The van der Waals surface area contributed by atoms with Crippen LogP contribution in [0.25, 0.3) is 0 Å². The lowest BCUT2D eigenvalue weighted by molar-refractivity contribution is 0.217. The SMILES string of the molecule is CCc1ccc(OCCNc2cccc(OCCOc3ccccc3)c2)cc1. The van der Waals surface area contributed by atoms with E-state index in [4.69, 9.17) is 14.2 Å². The second kappa shape index (κ2) is 10.9. The number of nitrogens with one attached hydrogen (secondary N) is 1. The third kappa shape index (κ3) is 6.54. The predicted octanol–water partition coefficient (Wildman–Crippen LogP) is 5.20. The molecule has 0 aliphatic rings. The van der Waals surface area contributed by atoms with Crippen LogP contribution in [0.2, 0.25) is 0 Å². The second-order valence-corrected chi connectivity index (χ2v) is 6.31. The van der Waals surface area contributed by atoms with Crippen molar-refractivity contribution in [3.63, 3.8) is 0 Å². The molecule has 0 aliphatic heterocycles. The van der Waals surface area contributed by atoms with E-state index in [0.717, 1.165) is 35.9 Å². The summed E-state index contributed by atoms with van der Waals surface area (Å²) >= 11 is 0. The summed E-state index contributed by atoms with van der Waals surface area (Å²) in [6.45, 7) is 4.47. The summed E-state index contributed by atoms with van der Waals surface area (Å²) in [7, 11) is 0. The van der Waals surface area contributed by atoms with Crippen LogP contribution in [-0.2, 0) is 6.42 Å². The largest absolute Gasteiger partial charge is 0.492 e. The summed E-state index contributed by atoms with van der Waals surface area (Å²) in [6.07, 6.45) is 1.04. The number of benzene rings is 3. The highest BCUT2D eigenvalue weighted by Gasteiger charge is 1.99. The molecule has 0 aromatic heterocycles. The first-order chi connectivity index (χ1) is 13.8. The van der Waals surface area contributed by atoms with Gasteiger partial charge in [-0.25, -0.2) is 0 Å². The summed E-state index contributed by atoms with van der Waals surface area (Å²) in [5, 5.41) is 3.36. The maximum absolute atomic E-state index is 5.77. The summed E-state index contributed by atoms with van der Waals surface area (Å²) < 4.78 is 17.2. The van der Waals surface area contributed by atoms with E-state index < -0.39 is 0 Å². The fourth-order valence-electron chi connectivity index (χ4n) is 2.72. The predicted molar refractivity (Wildman–Crippen MR) is 114 cm³/mol. The van der Waals surface area contributed by atoms with Crippen LogP contribution >= 0.6 is 0 Å². The van der Waals surface area contributed by atoms with Gasteiger partial charge in [0.2, 0.25) is 0 Å². The molecular weight excluding hydrogens is 350 g/mol. The molecule has 4 nitrogen and oxygen atoms in total. The number of ether oxygens (including phenoxy) is 3. The molecule has 3 rings (SSSR count). The van der Waals surface area contributed by atoms with E-state index in [1.54, 1.807) is 0 Å². The van der Waals surface area contributed by atoms with Gasteiger partial charge in [0.1, 0.15) is 37.1 Å². The van der Waals surface area contributed by atoms with E-state index in [1.165, 1.54) is 5.56 Å². The zero-order valence-corrected chi connectivity index (χ0v) is 16.3. The maximum atomic E-state index is 5.77. The van der Waals surface area contributed by atoms with Crippen molar-refractivity contribution in [3.8, 4) is 17.2 Å². The second-order valence-electron chi connectivity index (χ2n) is 6.31. The number of anilines is 1. The highest BCUT2D eigenvalue weighted by atomic mass is 16.5. The molecular formula is C24H27NO3. The lowest BCUT2D eigenvalue weighted by Gasteiger charge is -2.11. The normalized spacial score (nSPS) is 10.3. The summed E-state index contributed by atoms with van der Waals surface area (Å²) in [6, 6.07) is 25.9. The first-order valence-electron chi connectivity index (χ1n) is 9.70. The van der Waals surface area contributed by atoms with Crippen molar-refractivity contribution >= 4 is 5.69 Å². The Morgan fingerprint density at radius 2 is 1.29 bits per heavy atom. The van der Waals surface area contributed by atoms with Gasteiger partial charge in [0.15, 0.2) is 0 Å². The standard InChI is InChI=1S/C24H27NO3/c1-2-20-11-13-23(14-12-20)26-16-15-25-21-7-6-10-24(19-21)28-18-17-27-22-8-4-3-5-9-22/h3-14,19,25H,2,15-18H2,1H3. The molecule has 0 unspecified atom stereocenters. The molecule has 0 spiro atoms. The van der Waals surface area contributed by atoms with Crippen LogP contribution in [0.3, 0.4) is 0 Å². The van der Waals surface area contributed by atoms with Gasteiger partial charge >= 0.3 is 0 Å². The Bertz CT molecular complexity index is 819. The van der Waals surface area contributed by atoms with Crippen molar-refractivity contribution in [1.29, 1.82) is 0 Å². The van der Waals surface area contributed by atoms with E-state index in [9.17, 15) is 0 Å². The minimum absolute atomic E-state index is 0.495. The lowest BCUT2D eigenvalue weighted by Crippen LogP contribution is -2.12. The third-order valence-electron chi connectivity index (χ3n) is 4.23. The fourth-order valence-corrected chi connectivity index (χ4v) is 2.72. The first kappa shape index (κ1) is 19.6. The van der Waals surface area contributed by atoms with Gasteiger partial charge < -0.3 is 19.5 Å². The molecule has 28 heavy (non-hydrogen) atoms. The molecule has 0 bridgehead atoms. The monoisotopic (exact) mass is 377 g/mol. The van der Waals surface area contributed by atoms with Crippen LogP contribution in [0, 0.1) is 0 Å². The number of hydrogen-bond donors (Lipinski definition) is 1. The fraction of sp³-hybridized carbons (Fsp3) is 0.250. The van der Waals surface area contributed by atoms with Crippen molar-refractivity contribution < 1.29 is 14.2 Å². The van der Waals surface area contributed by atoms with E-state index in [-0.39, 0.29) is 0 Å². The minimum Gasteiger partial charge on any atom is -0.492 e. The van der Waals surface area contributed by atoms with Gasteiger partial charge in [0.05, 0.1) is 0 Å². The molecule has 0 amide bonds. The van der Waals surface area contributed by atoms with Gasteiger partial charge in [-0.05, 0) is 48.4 Å². The summed E-state index contributed by atoms with van der Waals surface area (Å²) in [5.41, 5.74) is 2.32. The van der Waals surface area contributed by atoms with Gasteiger partial charge in [0.25, 0.3) is 0 Å². The first-order valence-corrected chi connectivity index (χ1v) is 9.70. The molecule has 146 valence electrons. The van der Waals surface area contributed by atoms with Crippen LogP contribution in [0.5, 0.6) is 17.2 Å². The molecule has 0 atom stereocenters. The highest BCUT2D eigenvalue weighted by molar-refractivity contribution is 5.48. The number of hydrogen-bond acceptors (Lipinski definition) is 4. The van der Waals surface area contributed by atoms with Gasteiger partial charge in [-0.2, -0.15) is 0 Å². The lowest BCUT2D eigenvalue weighted by atomic mass is 10.2. The quantitative estimate of drug-likeness (QED) is 0.466. The molecule has 4 heteroatoms. The van der Waals surface area contributed by atoms with Crippen LogP contribution in [0.1, 0.15) is 12.5 Å².